The van der Waals surface area contributed by atoms with Gasteiger partial charge in [-0.25, -0.2) is 9.59 Å². The van der Waals surface area contributed by atoms with Crippen molar-refractivity contribution in [2.75, 3.05) is 56.5 Å². The van der Waals surface area contributed by atoms with Gasteiger partial charge in [-0.05, 0) is 209 Å². The lowest BCUT2D eigenvalue weighted by Crippen LogP contribution is -2.52. The summed E-state index contributed by atoms with van der Waals surface area (Å²) < 4.78 is 6.21. The molecule has 5 aromatic carbocycles. The van der Waals surface area contributed by atoms with Crippen LogP contribution in [0.15, 0.2) is 126 Å². The van der Waals surface area contributed by atoms with Crippen LogP contribution in [0.4, 0.5) is 21.0 Å². The molecular formula is C68H79BrCl2N14O9. The number of anilines is 2. The number of nitrogens with two attached hydrogens (primary N) is 1. The van der Waals surface area contributed by atoms with E-state index in [9.17, 15) is 33.6 Å². The molecule has 1 saturated heterocycles. The van der Waals surface area contributed by atoms with Crippen molar-refractivity contribution in [1.29, 1.82) is 0 Å². The molecule has 2 atom stereocenters. The van der Waals surface area contributed by atoms with Gasteiger partial charge in [-0.1, -0.05) is 64.5 Å². The molecule has 0 radical (unpaired) electrons. The van der Waals surface area contributed by atoms with Crippen LogP contribution in [0.25, 0.3) is 33.9 Å². The SMILES string of the molecule is CC(C)(C)OC(=O)NC[C@H]1CC[C@H](C(=O)N(c2ccc(-c3nnc(Cl)[nH]3)cc2)[C@@H](Cc2cccc(Br)c2)C(N)=O)CC1.CN1CCN(C(=O)c2ccc(-c3cccc(C[C@H](NC(=O)[C@H]4CC[C@H](CNC(=O)O)CC4)C(=O)Nc4ccc(-c5nnc(Cl)[nH]5)cc4)c3)cc2)CC1. The number of primary amides is 1. The number of likely N-dealkylation sites (N-methyl/N-ethyl adjacent to an activating group) is 1. The Balaban J connectivity index is 0.000000227. The van der Waals surface area contributed by atoms with Gasteiger partial charge in [-0.3, -0.25) is 28.9 Å². The molecule has 9 N–H and O–H groups in total. The first kappa shape index (κ1) is 69.6. The van der Waals surface area contributed by atoms with Gasteiger partial charge in [0.2, 0.25) is 34.2 Å². The molecule has 26 heteroatoms. The highest BCUT2D eigenvalue weighted by molar-refractivity contribution is 9.10. The third-order valence-corrected chi connectivity index (χ3v) is 17.9. The van der Waals surface area contributed by atoms with Gasteiger partial charge in [-0.2, -0.15) is 0 Å². The number of halogens is 3. The molecule has 0 unspecified atom stereocenters. The molecule has 3 heterocycles. The number of aromatic nitrogens is 6. The van der Waals surface area contributed by atoms with Gasteiger partial charge < -0.3 is 56.6 Å². The lowest BCUT2D eigenvalue weighted by atomic mass is 9.81. The number of benzene rings is 5. The standard InChI is InChI=1S/C38H43ClN8O5.C30H36BrClN6O4/c1-46-17-19-47(20-18-46)36(50)29-11-9-26(10-12-29)30-4-2-3-25(21-30)22-32(42-34(48)28-7-5-24(6-8-28)23-40-38(51)52)35(49)41-31-15-13-27(14-16-31)33-43-37(39)45-44-33;1-30(2,3)42-29(41)34-17-18-7-9-21(10-8-18)27(40)38(24(25(33)39)16-19-5-4-6-22(31)15-19)23-13-11-20(12-14-23)26-35-28(32)37-36-26/h2-4,9-16,21,24,28,32,40H,5-8,17-20,22-23H2,1H3,(H,41,49)(H,42,48)(H,51,52)(H,43,44,45);4-6,11-15,18,21,24H,7-10,16-17H2,1-3H3,(H2,33,39)(H,34,41)(H,35,36,37)/t24-,28-,32-;18-,21-,24-/m00/s1. The monoisotopic (exact) mass is 1380 g/mol. The number of rotatable bonds is 20. The quantitative estimate of drug-likeness (QED) is 0.0352. The van der Waals surface area contributed by atoms with E-state index in [1.54, 1.807) is 53.4 Å². The number of amides is 7. The molecule has 7 amide bonds. The summed E-state index contributed by atoms with van der Waals surface area (Å²) in [5, 5.41) is 36.1. The van der Waals surface area contributed by atoms with Gasteiger partial charge >= 0.3 is 12.2 Å². The van der Waals surface area contributed by atoms with Crippen molar-refractivity contribution in [2.24, 2.45) is 29.4 Å². The van der Waals surface area contributed by atoms with Crippen LogP contribution in [0, 0.1) is 23.7 Å². The number of aromatic amines is 2. The van der Waals surface area contributed by atoms with Gasteiger partial charge in [0.15, 0.2) is 11.6 Å². The van der Waals surface area contributed by atoms with Crippen LogP contribution in [-0.2, 0) is 36.8 Å². The lowest BCUT2D eigenvalue weighted by molar-refractivity contribution is -0.130. The van der Waals surface area contributed by atoms with Gasteiger partial charge in [0.25, 0.3) is 5.91 Å². The minimum absolute atomic E-state index is 0.0282. The van der Waals surface area contributed by atoms with Crippen LogP contribution in [-0.4, -0.2) is 151 Å². The Labute approximate surface area is 564 Å². The summed E-state index contributed by atoms with van der Waals surface area (Å²) >= 11 is 15.2. The van der Waals surface area contributed by atoms with E-state index in [4.69, 9.17) is 38.8 Å². The summed E-state index contributed by atoms with van der Waals surface area (Å²) in [6, 6.07) is 35.4. The number of ether oxygens (including phenoxy) is 1. The Hall–Kier alpha value is -8.71. The first-order valence-corrected chi connectivity index (χ1v) is 33.0. The maximum atomic E-state index is 14.2. The summed E-state index contributed by atoms with van der Waals surface area (Å²) in [5.41, 5.74) is 12.2. The Morgan fingerprint density at radius 2 is 1.21 bits per heavy atom. The number of piperazine rings is 1. The smallest absolute Gasteiger partial charge is 0.407 e. The minimum atomic E-state index is -1.05. The number of carbonyl (C=O) groups is 7. The highest BCUT2D eigenvalue weighted by Crippen LogP contribution is 2.35. The summed E-state index contributed by atoms with van der Waals surface area (Å²) in [6.07, 6.45) is 4.47. The zero-order chi connectivity index (χ0) is 67.1. The van der Waals surface area contributed by atoms with Crippen LogP contribution < -0.4 is 31.9 Å². The van der Waals surface area contributed by atoms with Crippen LogP contribution in [0.5, 0.6) is 0 Å². The molecule has 10 rings (SSSR count). The maximum absolute atomic E-state index is 14.2. The fourth-order valence-electron chi connectivity index (χ4n) is 12.0. The first-order chi connectivity index (χ1) is 45.0. The highest BCUT2D eigenvalue weighted by atomic mass is 79.9. The second-order valence-electron chi connectivity index (χ2n) is 25.1. The maximum Gasteiger partial charge on any atom is 0.407 e. The number of nitrogens with one attached hydrogen (secondary N) is 6. The Bertz CT molecular complexity index is 3750. The van der Waals surface area contributed by atoms with Crippen molar-refractivity contribution in [3.63, 3.8) is 0 Å². The van der Waals surface area contributed by atoms with Crippen LogP contribution >= 0.6 is 39.1 Å². The molecule has 2 aromatic heterocycles. The molecule has 496 valence electrons. The van der Waals surface area contributed by atoms with E-state index < -0.39 is 35.8 Å². The summed E-state index contributed by atoms with van der Waals surface area (Å²) in [5.74, 6) is -0.440. The summed E-state index contributed by atoms with van der Waals surface area (Å²) in [4.78, 5) is 102. The van der Waals surface area contributed by atoms with E-state index in [2.05, 4.69) is 79.5 Å². The summed E-state index contributed by atoms with van der Waals surface area (Å²) in [7, 11) is 2.06. The van der Waals surface area contributed by atoms with Gasteiger partial charge in [0.05, 0.1) is 0 Å². The zero-order valence-electron chi connectivity index (χ0n) is 52.9. The minimum Gasteiger partial charge on any atom is -0.465 e. The Morgan fingerprint density at radius 1 is 0.670 bits per heavy atom. The second kappa shape index (κ2) is 32.4. The predicted octanol–water partition coefficient (Wildman–Crippen LogP) is 10.6. The fraction of sp³-hybridized carbons (Fsp3) is 0.397. The molecular weight excluding hydrogens is 1310 g/mol. The molecule has 0 bridgehead atoms. The lowest BCUT2D eigenvalue weighted by Gasteiger charge is -2.36. The van der Waals surface area contributed by atoms with Crippen molar-refractivity contribution in [1.82, 2.24) is 56.1 Å². The molecule has 7 aromatic rings. The third-order valence-electron chi connectivity index (χ3n) is 17.1. The molecule has 23 nitrogen and oxygen atoms in total. The average molecular weight is 1390 g/mol. The van der Waals surface area contributed by atoms with E-state index >= 15 is 0 Å². The number of hydrogen-bond donors (Lipinski definition) is 8. The molecule has 0 spiro atoms. The fourth-order valence-corrected chi connectivity index (χ4v) is 12.7. The topological polar surface area (TPSA) is 316 Å². The Morgan fingerprint density at radius 3 is 1.76 bits per heavy atom. The number of carbonyl (C=O) groups excluding carboxylic acids is 6. The number of carboxylic acid groups (broad SMARTS) is 1. The highest BCUT2D eigenvalue weighted by Gasteiger charge is 2.37. The van der Waals surface area contributed by atoms with Crippen molar-refractivity contribution in [2.45, 2.75) is 103 Å². The zero-order valence-corrected chi connectivity index (χ0v) is 56.0. The van der Waals surface area contributed by atoms with Crippen molar-refractivity contribution < 1.29 is 43.4 Å². The number of alkyl carbamates (subject to hydrolysis) is 1. The molecule has 2 aliphatic carbocycles. The molecule has 94 heavy (non-hydrogen) atoms. The Kier molecular flexibility index (Phi) is 24.0. The predicted molar refractivity (Wildman–Crippen MR) is 363 cm³/mol. The van der Waals surface area contributed by atoms with Crippen molar-refractivity contribution in [3.05, 3.63) is 153 Å². The molecule has 3 aliphatic rings. The first-order valence-electron chi connectivity index (χ1n) is 31.5. The van der Waals surface area contributed by atoms with Crippen molar-refractivity contribution >= 4 is 92.2 Å². The average Bonchev–Trinajstić information content (AvgIpc) is 1.85. The number of H-pyrrole nitrogens is 2. The molecule has 2 saturated carbocycles. The van der Waals surface area contributed by atoms with E-state index in [1.165, 1.54) is 0 Å². The van der Waals surface area contributed by atoms with E-state index in [0.29, 0.717) is 80.4 Å². The van der Waals surface area contributed by atoms with E-state index in [0.717, 1.165) is 76.6 Å². The van der Waals surface area contributed by atoms with Gasteiger partial charge in [-0.15, -0.1) is 20.4 Å². The van der Waals surface area contributed by atoms with Gasteiger partial charge in [0, 0.05) is 96.5 Å². The third kappa shape index (κ3) is 19.9. The van der Waals surface area contributed by atoms with E-state index in [-0.39, 0.29) is 70.7 Å². The number of hydrogen-bond acceptors (Lipinski definition) is 13. The van der Waals surface area contributed by atoms with Crippen LogP contribution in [0.2, 0.25) is 10.6 Å². The van der Waals surface area contributed by atoms with Gasteiger partial charge in [0.1, 0.15) is 17.7 Å². The largest absolute Gasteiger partial charge is 0.465 e. The molecule has 1 aliphatic heterocycles. The second-order valence-corrected chi connectivity index (χ2v) is 26.8. The van der Waals surface area contributed by atoms with E-state index in [1.807, 2.05) is 98.5 Å². The number of nitrogens with zero attached hydrogens (tertiary/aromatic N) is 7. The van der Waals surface area contributed by atoms with Crippen LogP contribution in [0.1, 0.15) is 93.6 Å². The van der Waals surface area contributed by atoms with Crippen LogP contribution in [0.3, 0.4) is 0 Å². The van der Waals surface area contributed by atoms with Crippen molar-refractivity contribution in [3.8, 4) is 33.9 Å². The molecule has 3 fully saturated rings. The summed E-state index contributed by atoms with van der Waals surface area (Å²) in [6.45, 7) is 9.44. The normalized spacial score (nSPS) is 18.1.